The minimum absolute atomic E-state index is 0.108. The highest BCUT2D eigenvalue weighted by atomic mass is 32.2. The average molecular weight is 241 g/mol. The molecule has 0 atom stereocenters. The van der Waals surface area contributed by atoms with Crippen molar-refractivity contribution in [3.05, 3.63) is 29.6 Å². The highest BCUT2D eigenvalue weighted by Gasteiger charge is 2.06. The van der Waals surface area contributed by atoms with Crippen molar-refractivity contribution in [3.8, 4) is 0 Å². The third kappa shape index (κ3) is 3.94. The minimum Gasteiger partial charge on any atom is -0.309 e. The monoisotopic (exact) mass is 241 g/mol. The van der Waals surface area contributed by atoms with Crippen LogP contribution in [-0.2, 0) is 0 Å². The van der Waals surface area contributed by atoms with Gasteiger partial charge in [-0.2, -0.15) is 0 Å². The van der Waals surface area contributed by atoms with Gasteiger partial charge in [0, 0.05) is 22.8 Å². The number of Topliss-reactive ketones (excluding diaryl/α,β-unsaturated/α-hetero) is 1. The molecule has 0 aromatic heterocycles. The lowest BCUT2D eigenvalue weighted by atomic mass is 10.1. The van der Waals surface area contributed by atoms with Gasteiger partial charge in [-0.15, -0.1) is 11.8 Å². The molecule has 0 aliphatic carbocycles. The van der Waals surface area contributed by atoms with Gasteiger partial charge in [0.05, 0.1) is 0 Å². The molecule has 0 aliphatic heterocycles. The number of hydrogen-bond acceptors (Lipinski definition) is 3. The van der Waals surface area contributed by atoms with E-state index in [-0.39, 0.29) is 11.6 Å². The summed E-state index contributed by atoms with van der Waals surface area (Å²) in [6.45, 7) is 2.34. The molecule has 88 valence electrons. The number of carbonyl (C=O) groups excluding carboxylic acids is 1. The molecular weight excluding hydrogens is 225 g/mol. The van der Waals surface area contributed by atoms with Gasteiger partial charge in [-0.3, -0.25) is 4.79 Å². The Balaban J connectivity index is 2.64. The maximum atomic E-state index is 13.5. The largest absolute Gasteiger partial charge is 0.309 e. The van der Waals surface area contributed by atoms with Crippen molar-refractivity contribution in [2.75, 3.05) is 26.4 Å². The Morgan fingerprint density at radius 3 is 2.62 bits per heavy atom. The van der Waals surface area contributed by atoms with Crippen LogP contribution in [-0.4, -0.2) is 37.1 Å². The molecule has 1 aromatic carbocycles. The summed E-state index contributed by atoms with van der Waals surface area (Å²) in [5.74, 6) is 0.420. The number of rotatable bonds is 5. The predicted molar refractivity (Wildman–Crippen MR) is 65.7 cm³/mol. The van der Waals surface area contributed by atoms with Gasteiger partial charge >= 0.3 is 0 Å². The SMILES string of the molecule is CC(=O)c1ccc(SCCN(C)C)c(F)c1. The van der Waals surface area contributed by atoms with Crippen LogP contribution >= 0.6 is 11.8 Å². The van der Waals surface area contributed by atoms with Crippen LogP contribution in [0.2, 0.25) is 0 Å². The van der Waals surface area contributed by atoms with Crippen molar-refractivity contribution in [1.82, 2.24) is 4.90 Å². The molecular formula is C12H16FNOS. The van der Waals surface area contributed by atoms with Crippen LogP contribution in [0.3, 0.4) is 0 Å². The molecule has 2 nitrogen and oxygen atoms in total. The second-order valence-corrected chi connectivity index (χ2v) is 4.99. The summed E-state index contributed by atoms with van der Waals surface area (Å²) in [5.41, 5.74) is 0.425. The van der Waals surface area contributed by atoms with Crippen LogP contribution in [0.5, 0.6) is 0 Å². The van der Waals surface area contributed by atoms with Crippen molar-refractivity contribution in [3.63, 3.8) is 0 Å². The fourth-order valence-electron chi connectivity index (χ4n) is 1.18. The smallest absolute Gasteiger partial charge is 0.159 e. The topological polar surface area (TPSA) is 20.3 Å². The molecule has 0 bridgehead atoms. The van der Waals surface area contributed by atoms with Gasteiger partial charge in [0.15, 0.2) is 5.78 Å². The Bertz CT molecular complexity index is 379. The van der Waals surface area contributed by atoms with Crippen molar-refractivity contribution in [2.45, 2.75) is 11.8 Å². The molecule has 0 radical (unpaired) electrons. The molecule has 0 N–H and O–H groups in total. The standard InChI is InChI=1S/C12H16FNOS/c1-9(15)10-4-5-12(11(13)8-10)16-7-6-14(2)3/h4-5,8H,6-7H2,1-3H3. The van der Waals surface area contributed by atoms with E-state index in [4.69, 9.17) is 0 Å². The average Bonchev–Trinajstić information content (AvgIpc) is 2.19. The van der Waals surface area contributed by atoms with Crippen LogP contribution in [0.25, 0.3) is 0 Å². The number of benzene rings is 1. The fourth-order valence-corrected chi connectivity index (χ4v) is 2.21. The highest BCUT2D eigenvalue weighted by Crippen LogP contribution is 2.22. The summed E-state index contributed by atoms with van der Waals surface area (Å²) in [5, 5.41) is 0. The summed E-state index contributed by atoms with van der Waals surface area (Å²) < 4.78 is 13.5. The van der Waals surface area contributed by atoms with E-state index < -0.39 is 0 Å². The third-order valence-corrected chi connectivity index (χ3v) is 3.16. The minimum atomic E-state index is -0.309. The molecule has 0 saturated heterocycles. The Morgan fingerprint density at radius 2 is 2.12 bits per heavy atom. The Labute approximate surface area is 99.8 Å². The van der Waals surface area contributed by atoms with E-state index >= 15 is 0 Å². The molecule has 16 heavy (non-hydrogen) atoms. The third-order valence-electron chi connectivity index (χ3n) is 2.13. The van der Waals surface area contributed by atoms with Crippen LogP contribution in [0.1, 0.15) is 17.3 Å². The van der Waals surface area contributed by atoms with Gasteiger partial charge in [0.2, 0.25) is 0 Å². The van der Waals surface area contributed by atoms with Crippen LogP contribution in [0.15, 0.2) is 23.1 Å². The lowest BCUT2D eigenvalue weighted by molar-refractivity contribution is 0.101. The first-order chi connectivity index (χ1) is 7.50. The van der Waals surface area contributed by atoms with E-state index in [0.717, 1.165) is 12.3 Å². The summed E-state index contributed by atoms with van der Waals surface area (Å²) in [7, 11) is 3.96. The summed E-state index contributed by atoms with van der Waals surface area (Å²) in [6.07, 6.45) is 0. The number of thioether (sulfide) groups is 1. The zero-order valence-electron chi connectivity index (χ0n) is 9.79. The Morgan fingerprint density at radius 1 is 1.44 bits per heavy atom. The number of nitrogens with zero attached hydrogens (tertiary/aromatic N) is 1. The summed E-state index contributed by atoms with van der Waals surface area (Å²) >= 11 is 1.47. The number of ketones is 1. The molecule has 0 heterocycles. The summed E-state index contributed by atoms with van der Waals surface area (Å²) in [4.78, 5) is 13.7. The normalized spacial score (nSPS) is 10.8. The maximum Gasteiger partial charge on any atom is 0.159 e. The first-order valence-corrected chi connectivity index (χ1v) is 6.07. The van der Waals surface area contributed by atoms with Gasteiger partial charge in [0.1, 0.15) is 5.82 Å². The van der Waals surface area contributed by atoms with Crippen LogP contribution in [0, 0.1) is 5.82 Å². The summed E-state index contributed by atoms with van der Waals surface area (Å²) in [6, 6.07) is 4.65. The zero-order valence-corrected chi connectivity index (χ0v) is 10.6. The van der Waals surface area contributed by atoms with E-state index in [1.54, 1.807) is 12.1 Å². The van der Waals surface area contributed by atoms with Gasteiger partial charge in [-0.25, -0.2) is 4.39 Å². The van der Waals surface area contributed by atoms with E-state index in [1.165, 1.54) is 24.8 Å². The quantitative estimate of drug-likeness (QED) is 0.584. The van der Waals surface area contributed by atoms with Gasteiger partial charge < -0.3 is 4.90 Å². The number of halogens is 1. The molecule has 0 aliphatic rings. The van der Waals surface area contributed by atoms with E-state index in [1.807, 2.05) is 14.1 Å². The van der Waals surface area contributed by atoms with E-state index in [0.29, 0.717) is 10.5 Å². The Kier molecular flexibility index (Phi) is 4.96. The molecule has 4 heteroatoms. The van der Waals surface area contributed by atoms with Gasteiger partial charge in [0.25, 0.3) is 0 Å². The van der Waals surface area contributed by atoms with Crippen LogP contribution in [0.4, 0.5) is 4.39 Å². The van der Waals surface area contributed by atoms with Crippen molar-refractivity contribution in [1.29, 1.82) is 0 Å². The number of carbonyl (C=O) groups is 1. The van der Waals surface area contributed by atoms with Crippen molar-refractivity contribution in [2.24, 2.45) is 0 Å². The van der Waals surface area contributed by atoms with Crippen LogP contribution < -0.4 is 0 Å². The lowest BCUT2D eigenvalue weighted by Gasteiger charge is -2.09. The van der Waals surface area contributed by atoms with Gasteiger partial charge in [-0.1, -0.05) is 6.07 Å². The van der Waals surface area contributed by atoms with Gasteiger partial charge in [-0.05, 0) is 33.2 Å². The molecule has 1 rings (SSSR count). The van der Waals surface area contributed by atoms with E-state index in [9.17, 15) is 9.18 Å². The number of hydrogen-bond donors (Lipinski definition) is 0. The fraction of sp³-hybridized carbons (Fsp3) is 0.417. The zero-order chi connectivity index (χ0) is 12.1. The molecule has 0 saturated carbocycles. The Hall–Kier alpha value is -0.870. The highest BCUT2D eigenvalue weighted by molar-refractivity contribution is 7.99. The maximum absolute atomic E-state index is 13.5. The molecule has 1 aromatic rings. The second-order valence-electron chi connectivity index (χ2n) is 3.85. The van der Waals surface area contributed by atoms with E-state index in [2.05, 4.69) is 4.90 Å². The first kappa shape index (κ1) is 13.2. The lowest BCUT2D eigenvalue weighted by Crippen LogP contribution is -2.14. The first-order valence-electron chi connectivity index (χ1n) is 5.08. The van der Waals surface area contributed by atoms with Crippen molar-refractivity contribution >= 4 is 17.5 Å². The molecule has 0 amide bonds. The van der Waals surface area contributed by atoms with Crippen molar-refractivity contribution < 1.29 is 9.18 Å². The predicted octanol–water partition coefficient (Wildman–Crippen LogP) is 2.68. The molecule has 0 unspecified atom stereocenters. The second kappa shape index (κ2) is 6.01. The molecule has 0 spiro atoms. The molecule has 0 fully saturated rings.